The van der Waals surface area contributed by atoms with Crippen molar-refractivity contribution in [1.29, 1.82) is 0 Å². The number of hydrogen-bond acceptors (Lipinski definition) is 5. The molecule has 250 valence electrons. The molecule has 45 heavy (non-hydrogen) atoms. The lowest BCUT2D eigenvalue weighted by molar-refractivity contribution is -0.141. The van der Waals surface area contributed by atoms with Gasteiger partial charge in [0.2, 0.25) is 0 Å². The van der Waals surface area contributed by atoms with E-state index in [1.54, 1.807) is 0 Å². The number of allylic oxidation sites excluding steroid dienone is 1. The normalized spacial score (nSPS) is 12.2. The second-order valence-corrected chi connectivity index (χ2v) is 11.1. The van der Waals surface area contributed by atoms with Crippen LogP contribution >= 0.6 is 0 Å². The summed E-state index contributed by atoms with van der Waals surface area (Å²) in [5, 5.41) is 0. The zero-order valence-corrected chi connectivity index (χ0v) is 28.6. The molecule has 1 rings (SSSR count). The fourth-order valence-corrected chi connectivity index (χ4v) is 4.14. The van der Waals surface area contributed by atoms with Gasteiger partial charge in [0.25, 0.3) is 0 Å². The molecule has 1 saturated heterocycles. The smallest absolute Gasteiger partial charge is 0.306 e. The maximum Gasteiger partial charge on any atom is 0.306 e. The number of esters is 2. The third-order valence-electron chi connectivity index (χ3n) is 7.01. The first-order valence-electron chi connectivity index (χ1n) is 17.3. The Morgan fingerprint density at radius 1 is 0.578 bits per heavy atom. The van der Waals surface area contributed by atoms with E-state index in [-0.39, 0.29) is 11.9 Å². The summed E-state index contributed by atoms with van der Waals surface area (Å²) in [7, 11) is 2.82. The van der Waals surface area contributed by atoms with Crippen LogP contribution < -0.4 is 0 Å². The Hall–Kier alpha value is -3.12. The molecule has 0 aromatic heterocycles. The summed E-state index contributed by atoms with van der Waals surface area (Å²) < 4.78 is 14.3. The molecule has 0 aromatic carbocycles. The molecule has 0 aromatic rings. The summed E-state index contributed by atoms with van der Waals surface area (Å²) in [5.74, 6) is 24.9. The third-order valence-corrected chi connectivity index (χ3v) is 7.01. The highest BCUT2D eigenvalue weighted by Crippen LogP contribution is 2.16. The highest BCUT2D eigenvalue weighted by Gasteiger charge is 2.20. The van der Waals surface area contributed by atoms with E-state index in [2.05, 4.69) is 63.4 Å². The van der Waals surface area contributed by atoms with Gasteiger partial charge in [-0.15, -0.1) is 53.9 Å². The van der Waals surface area contributed by atoms with Crippen molar-refractivity contribution < 1.29 is 23.8 Å². The predicted molar refractivity (Wildman–Crippen MR) is 186 cm³/mol. The lowest BCUT2D eigenvalue weighted by atomic mass is 10.1. The van der Waals surface area contributed by atoms with Crippen molar-refractivity contribution in [3.63, 3.8) is 0 Å². The Morgan fingerprint density at radius 2 is 0.911 bits per heavy atom. The lowest BCUT2D eigenvalue weighted by Gasteiger charge is -1.96. The molecule has 1 unspecified atom stereocenters. The molecule has 1 aliphatic rings. The van der Waals surface area contributed by atoms with Gasteiger partial charge in [0.1, 0.15) is 0 Å². The Kier molecular flexibility index (Phi) is 32.9. The molecular formula is C40H60O5. The molecule has 0 saturated carbocycles. The number of carbonyl (C=O) groups excluding carboxylic acids is 2. The molecule has 1 aliphatic heterocycles. The average Bonchev–Trinajstić information content (AvgIpc) is 3.89. The Morgan fingerprint density at radius 3 is 1.27 bits per heavy atom. The topological polar surface area (TPSA) is 65.1 Å². The van der Waals surface area contributed by atoms with Crippen molar-refractivity contribution in [3.8, 4) is 47.4 Å². The number of ether oxygens (including phenoxy) is 3. The number of hydrogen-bond donors (Lipinski definition) is 0. The molecule has 0 amide bonds. The number of epoxide rings is 1. The second-order valence-electron chi connectivity index (χ2n) is 11.1. The molecule has 0 bridgehead atoms. The highest BCUT2D eigenvalue weighted by atomic mass is 16.6. The largest absolute Gasteiger partial charge is 0.469 e. The zero-order valence-electron chi connectivity index (χ0n) is 28.6. The highest BCUT2D eigenvalue weighted by molar-refractivity contribution is 5.69. The van der Waals surface area contributed by atoms with E-state index >= 15 is 0 Å². The summed E-state index contributed by atoms with van der Waals surface area (Å²) in [5.41, 5.74) is 0. The first-order chi connectivity index (χ1) is 22.1. The number of carbonyl (C=O) groups is 2. The van der Waals surface area contributed by atoms with Gasteiger partial charge in [-0.25, -0.2) is 0 Å². The minimum absolute atomic E-state index is 0.181. The Labute approximate surface area is 276 Å². The van der Waals surface area contributed by atoms with E-state index in [0.29, 0.717) is 31.8 Å². The van der Waals surface area contributed by atoms with E-state index in [1.165, 1.54) is 78.4 Å². The molecule has 5 heteroatoms. The summed E-state index contributed by atoms with van der Waals surface area (Å²) in [6, 6.07) is 0. The third kappa shape index (κ3) is 37.0. The Bertz CT molecular complexity index is 994. The van der Waals surface area contributed by atoms with Crippen LogP contribution in [0.3, 0.4) is 0 Å². The van der Waals surface area contributed by atoms with Gasteiger partial charge in [0, 0.05) is 51.4 Å². The van der Waals surface area contributed by atoms with Crippen LogP contribution in [0.15, 0.2) is 12.7 Å². The molecule has 0 aliphatic carbocycles. The fraction of sp³-hybridized carbons (Fsp3) is 0.700. The quantitative estimate of drug-likeness (QED) is 0.0397. The van der Waals surface area contributed by atoms with Gasteiger partial charge in [0.15, 0.2) is 0 Å². The van der Waals surface area contributed by atoms with Crippen molar-refractivity contribution in [3.05, 3.63) is 12.7 Å². The molecule has 0 N–H and O–H groups in total. The number of rotatable bonds is 22. The van der Waals surface area contributed by atoms with Gasteiger partial charge < -0.3 is 14.2 Å². The summed E-state index contributed by atoms with van der Waals surface area (Å²) in [4.78, 5) is 21.7. The van der Waals surface area contributed by atoms with E-state index in [9.17, 15) is 9.59 Å². The van der Waals surface area contributed by atoms with E-state index < -0.39 is 0 Å². The lowest BCUT2D eigenvalue weighted by Crippen LogP contribution is -1.98. The monoisotopic (exact) mass is 620 g/mol. The molecule has 5 nitrogen and oxygen atoms in total. The Balaban J connectivity index is 0.000000862. The van der Waals surface area contributed by atoms with Gasteiger partial charge in [-0.2, -0.15) is 0 Å². The first kappa shape index (κ1) is 41.9. The standard InChI is InChI=1S/C20H30O3.C20H30O2/c1-22-20(21)17-15-13-11-9-7-5-3-2-4-6-8-10-12-14-16-19-18-23-19;1-3-4-5-6-7-8-9-10-11-12-13-14-15-16-17-18-19-20(21)22-2/h19H,2-7,9,12,14-18H2,1H3;3H,1,4-6,9-15,18-19H2,2H3. The SMILES string of the molecule is C=CCCCC#CCCCCCCCC#CCCC(=O)OC.COC(=O)CCC#CCCCCCCCC#CCCCC1CO1. The van der Waals surface area contributed by atoms with Crippen molar-refractivity contribution in [1.82, 2.24) is 0 Å². The van der Waals surface area contributed by atoms with Crippen LogP contribution in [-0.4, -0.2) is 38.9 Å². The number of methoxy groups -OCH3 is 2. The summed E-state index contributed by atoms with van der Waals surface area (Å²) >= 11 is 0. The predicted octanol–water partition coefficient (Wildman–Crippen LogP) is 9.28. The van der Waals surface area contributed by atoms with Crippen molar-refractivity contribution in [2.24, 2.45) is 0 Å². The van der Waals surface area contributed by atoms with Crippen LogP contribution in [-0.2, 0) is 23.8 Å². The van der Waals surface area contributed by atoms with Crippen LogP contribution in [0.25, 0.3) is 0 Å². The van der Waals surface area contributed by atoms with Gasteiger partial charge in [-0.1, -0.05) is 44.6 Å². The van der Waals surface area contributed by atoms with Crippen molar-refractivity contribution >= 4 is 11.9 Å². The first-order valence-corrected chi connectivity index (χ1v) is 17.3. The van der Waals surface area contributed by atoms with Crippen LogP contribution in [0, 0.1) is 47.4 Å². The average molecular weight is 621 g/mol. The number of unbranched alkanes of at least 4 members (excludes halogenated alkanes) is 15. The zero-order chi connectivity index (χ0) is 32.9. The molecular weight excluding hydrogens is 560 g/mol. The molecule has 0 radical (unpaired) electrons. The summed E-state index contributed by atoms with van der Waals surface area (Å²) in [6.45, 7) is 4.66. The maximum atomic E-state index is 10.9. The van der Waals surface area contributed by atoms with Crippen molar-refractivity contribution in [2.45, 2.75) is 160 Å². The van der Waals surface area contributed by atoms with Gasteiger partial charge in [0.05, 0.1) is 39.8 Å². The van der Waals surface area contributed by atoms with Crippen LogP contribution in [0.2, 0.25) is 0 Å². The summed E-state index contributed by atoms with van der Waals surface area (Å²) in [6.07, 6.45) is 27.3. The van der Waals surface area contributed by atoms with E-state index in [4.69, 9.17) is 4.74 Å². The van der Waals surface area contributed by atoms with Crippen molar-refractivity contribution in [2.75, 3.05) is 20.8 Å². The van der Waals surface area contributed by atoms with Crippen LogP contribution in [0.1, 0.15) is 154 Å². The second kappa shape index (κ2) is 35.4. The van der Waals surface area contributed by atoms with Crippen LogP contribution in [0.5, 0.6) is 0 Å². The minimum Gasteiger partial charge on any atom is -0.469 e. The van der Waals surface area contributed by atoms with E-state index in [1.807, 2.05) is 6.08 Å². The molecule has 1 heterocycles. The molecule has 0 spiro atoms. The van der Waals surface area contributed by atoms with Gasteiger partial charge in [-0.05, 0) is 51.4 Å². The van der Waals surface area contributed by atoms with E-state index in [0.717, 1.165) is 70.8 Å². The van der Waals surface area contributed by atoms with Gasteiger partial charge in [-0.3, -0.25) is 9.59 Å². The molecule has 1 fully saturated rings. The van der Waals surface area contributed by atoms with Crippen LogP contribution in [0.4, 0.5) is 0 Å². The maximum absolute atomic E-state index is 10.9. The minimum atomic E-state index is -0.182. The van der Waals surface area contributed by atoms with Gasteiger partial charge >= 0.3 is 11.9 Å². The molecule has 1 atom stereocenters. The fourth-order valence-electron chi connectivity index (χ4n) is 4.14.